The molecule has 21 heavy (non-hydrogen) atoms. The highest BCUT2D eigenvalue weighted by atomic mass is 16.5. The van der Waals surface area contributed by atoms with Gasteiger partial charge in [-0.1, -0.05) is 42.8 Å². The lowest BCUT2D eigenvalue weighted by Crippen LogP contribution is -2.18. The average Bonchev–Trinajstić information content (AvgIpc) is 2.93. The van der Waals surface area contributed by atoms with E-state index >= 15 is 0 Å². The topological polar surface area (TPSA) is 43.4 Å². The number of esters is 1. The van der Waals surface area contributed by atoms with E-state index < -0.39 is 0 Å². The van der Waals surface area contributed by atoms with E-state index in [1.165, 1.54) is 6.92 Å². The van der Waals surface area contributed by atoms with Gasteiger partial charge in [0.2, 0.25) is 0 Å². The summed E-state index contributed by atoms with van der Waals surface area (Å²) in [5, 5.41) is 0. The standard InChI is InChI=1S/C18H22O3/c1-13(12-21-14(2)19)11-16-9-6-10-17(16)18(20)15-7-4-3-5-8-15/h3-5,7-8,11,16-17H,6,9-10,12H2,1-2H3/b13-11+/t16-,17+/m1/s1. The van der Waals surface area contributed by atoms with E-state index in [9.17, 15) is 9.59 Å². The second kappa shape index (κ2) is 7.21. The molecule has 0 radical (unpaired) electrons. The summed E-state index contributed by atoms with van der Waals surface area (Å²) in [5.41, 5.74) is 1.81. The van der Waals surface area contributed by atoms with Crippen LogP contribution in [0.25, 0.3) is 0 Å². The van der Waals surface area contributed by atoms with Crippen LogP contribution in [0.1, 0.15) is 43.5 Å². The molecule has 0 saturated heterocycles. The van der Waals surface area contributed by atoms with Crippen LogP contribution in [0.15, 0.2) is 42.0 Å². The SMILES string of the molecule is CC(=O)OC/C(C)=C/[C@H]1CCC[C@@H]1C(=O)c1ccccc1. The zero-order valence-corrected chi connectivity index (χ0v) is 12.7. The minimum Gasteiger partial charge on any atom is -0.461 e. The van der Waals surface area contributed by atoms with Crippen molar-refractivity contribution in [2.45, 2.75) is 33.1 Å². The summed E-state index contributed by atoms with van der Waals surface area (Å²) in [6, 6.07) is 9.49. The van der Waals surface area contributed by atoms with Crippen LogP contribution < -0.4 is 0 Å². The van der Waals surface area contributed by atoms with Crippen LogP contribution in [-0.4, -0.2) is 18.4 Å². The van der Waals surface area contributed by atoms with Crippen LogP contribution in [0.5, 0.6) is 0 Å². The Morgan fingerprint density at radius 1 is 1.19 bits per heavy atom. The molecule has 0 aromatic heterocycles. The van der Waals surface area contributed by atoms with Crippen LogP contribution in [0.2, 0.25) is 0 Å². The lowest BCUT2D eigenvalue weighted by atomic mass is 9.87. The molecule has 1 saturated carbocycles. The first kappa shape index (κ1) is 15.5. The zero-order valence-electron chi connectivity index (χ0n) is 12.7. The van der Waals surface area contributed by atoms with Crippen LogP contribution in [-0.2, 0) is 9.53 Å². The van der Waals surface area contributed by atoms with Crippen molar-refractivity contribution in [3.05, 3.63) is 47.5 Å². The molecule has 0 aliphatic heterocycles. The molecule has 1 aliphatic rings. The molecule has 112 valence electrons. The van der Waals surface area contributed by atoms with E-state index in [2.05, 4.69) is 6.08 Å². The lowest BCUT2D eigenvalue weighted by molar-refractivity contribution is -0.139. The van der Waals surface area contributed by atoms with Crippen molar-refractivity contribution in [2.24, 2.45) is 11.8 Å². The fraction of sp³-hybridized carbons (Fsp3) is 0.444. The fourth-order valence-electron chi connectivity index (χ4n) is 2.96. The maximum Gasteiger partial charge on any atom is 0.302 e. The van der Waals surface area contributed by atoms with Gasteiger partial charge >= 0.3 is 5.97 Å². The molecule has 1 aromatic rings. The minimum absolute atomic E-state index is 0.0553. The molecule has 3 heteroatoms. The van der Waals surface area contributed by atoms with E-state index in [1.54, 1.807) is 0 Å². The molecule has 0 bridgehead atoms. The molecule has 3 nitrogen and oxygen atoms in total. The molecule has 0 amide bonds. The Hall–Kier alpha value is -1.90. The highest BCUT2D eigenvalue weighted by molar-refractivity contribution is 5.98. The third-order valence-corrected chi connectivity index (χ3v) is 3.97. The van der Waals surface area contributed by atoms with Gasteiger partial charge in [-0.2, -0.15) is 0 Å². The monoisotopic (exact) mass is 286 g/mol. The molecule has 1 aliphatic carbocycles. The quantitative estimate of drug-likeness (QED) is 0.470. The van der Waals surface area contributed by atoms with Gasteiger partial charge < -0.3 is 4.74 Å². The van der Waals surface area contributed by atoms with Gasteiger partial charge in [-0.25, -0.2) is 0 Å². The summed E-state index contributed by atoms with van der Waals surface area (Å²) in [6.07, 6.45) is 5.16. The number of ether oxygens (including phenoxy) is 1. The van der Waals surface area contributed by atoms with Crippen LogP contribution in [0.4, 0.5) is 0 Å². The molecule has 0 N–H and O–H groups in total. The lowest BCUT2D eigenvalue weighted by Gasteiger charge is -2.16. The largest absolute Gasteiger partial charge is 0.461 e. The first-order valence-corrected chi connectivity index (χ1v) is 7.48. The van der Waals surface area contributed by atoms with E-state index in [4.69, 9.17) is 4.74 Å². The predicted molar refractivity (Wildman–Crippen MR) is 82.0 cm³/mol. The Kier molecular flexibility index (Phi) is 5.32. The third-order valence-electron chi connectivity index (χ3n) is 3.97. The number of hydrogen-bond acceptors (Lipinski definition) is 3. The van der Waals surface area contributed by atoms with Crippen molar-refractivity contribution >= 4 is 11.8 Å². The summed E-state index contributed by atoms with van der Waals surface area (Å²) < 4.78 is 5.00. The van der Waals surface area contributed by atoms with E-state index in [-0.39, 0.29) is 23.6 Å². The van der Waals surface area contributed by atoms with Gasteiger partial charge in [0.1, 0.15) is 6.61 Å². The molecule has 0 unspecified atom stereocenters. The maximum atomic E-state index is 12.6. The van der Waals surface area contributed by atoms with Crippen LogP contribution in [0, 0.1) is 11.8 Å². The second-order valence-electron chi connectivity index (χ2n) is 5.72. The summed E-state index contributed by atoms with van der Waals surface area (Å²) in [5.74, 6) is 0.272. The molecule has 0 heterocycles. The molecule has 2 atom stereocenters. The van der Waals surface area contributed by atoms with Gasteiger partial charge in [0.15, 0.2) is 5.78 Å². The average molecular weight is 286 g/mol. The third kappa shape index (κ3) is 4.28. The van der Waals surface area contributed by atoms with E-state index in [1.807, 2.05) is 37.3 Å². The van der Waals surface area contributed by atoms with Gasteiger partial charge in [0.25, 0.3) is 0 Å². The molecule has 0 spiro atoms. The van der Waals surface area contributed by atoms with Crippen molar-refractivity contribution < 1.29 is 14.3 Å². The Morgan fingerprint density at radius 3 is 2.57 bits per heavy atom. The number of carbonyl (C=O) groups excluding carboxylic acids is 2. The number of rotatable bonds is 5. The van der Waals surface area contributed by atoms with Crippen LogP contribution in [0.3, 0.4) is 0 Å². The number of hydrogen-bond donors (Lipinski definition) is 0. The number of allylic oxidation sites excluding steroid dienone is 1. The summed E-state index contributed by atoms with van der Waals surface area (Å²) >= 11 is 0. The number of Topliss-reactive ketones (excluding diaryl/α,β-unsaturated/α-hetero) is 1. The zero-order chi connectivity index (χ0) is 15.2. The first-order chi connectivity index (χ1) is 10.1. The van der Waals surface area contributed by atoms with E-state index in [0.717, 1.165) is 30.4 Å². The molecule has 2 rings (SSSR count). The molecule has 1 aromatic carbocycles. The number of ketones is 1. The van der Waals surface area contributed by atoms with Gasteiger partial charge in [-0.05, 0) is 31.3 Å². The number of carbonyl (C=O) groups is 2. The highest BCUT2D eigenvalue weighted by Gasteiger charge is 2.32. The Bertz CT molecular complexity index is 531. The highest BCUT2D eigenvalue weighted by Crippen LogP contribution is 2.35. The maximum absolute atomic E-state index is 12.6. The first-order valence-electron chi connectivity index (χ1n) is 7.48. The van der Waals surface area contributed by atoms with Crippen LogP contribution >= 0.6 is 0 Å². The van der Waals surface area contributed by atoms with E-state index in [0.29, 0.717) is 6.61 Å². The smallest absolute Gasteiger partial charge is 0.302 e. The fourth-order valence-corrected chi connectivity index (χ4v) is 2.96. The summed E-state index contributed by atoms with van der Waals surface area (Å²) in [4.78, 5) is 23.4. The second-order valence-corrected chi connectivity index (χ2v) is 5.72. The van der Waals surface area contributed by atoms with Gasteiger partial charge in [0, 0.05) is 18.4 Å². The van der Waals surface area contributed by atoms with Crippen molar-refractivity contribution in [3.63, 3.8) is 0 Å². The van der Waals surface area contributed by atoms with Gasteiger partial charge in [0.05, 0.1) is 0 Å². The Labute approximate surface area is 126 Å². The van der Waals surface area contributed by atoms with Crippen molar-refractivity contribution in [2.75, 3.05) is 6.61 Å². The summed E-state index contributed by atoms with van der Waals surface area (Å²) in [7, 11) is 0. The summed E-state index contributed by atoms with van der Waals surface area (Å²) in [6.45, 7) is 3.67. The van der Waals surface area contributed by atoms with Gasteiger partial charge in [-0.15, -0.1) is 0 Å². The van der Waals surface area contributed by atoms with Crippen molar-refractivity contribution in [3.8, 4) is 0 Å². The van der Waals surface area contributed by atoms with Gasteiger partial charge in [-0.3, -0.25) is 9.59 Å². The molecular weight excluding hydrogens is 264 g/mol. The normalized spacial score (nSPS) is 22.1. The molecule has 1 fully saturated rings. The van der Waals surface area contributed by atoms with Crippen molar-refractivity contribution in [1.82, 2.24) is 0 Å². The Balaban J connectivity index is 2.05. The minimum atomic E-state index is -0.272. The Morgan fingerprint density at radius 2 is 1.90 bits per heavy atom. The molecular formula is C18H22O3. The number of benzene rings is 1. The predicted octanol–water partition coefficient (Wildman–Crippen LogP) is 3.80. The van der Waals surface area contributed by atoms with Crippen molar-refractivity contribution in [1.29, 1.82) is 0 Å².